The van der Waals surface area contributed by atoms with Crippen LogP contribution in [-0.2, 0) is 0 Å². The third-order valence-electron chi connectivity index (χ3n) is 2.34. The van der Waals surface area contributed by atoms with Crippen molar-refractivity contribution in [1.29, 1.82) is 0 Å². The average Bonchev–Trinajstić information content (AvgIpc) is 2.30. The lowest BCUT2D eigenvalue weighted by Crippen LogP contribution is -2.32. The topological polar surface area (TPSA) is 72.7 Å². The van der Waals surface area contributed by atoms with E-state index in [9.17, 15) is 10.2 Å². The molecule has 0 aromatic heterocycles. The van der Waals surface area contributed by atoms with Crippen LogP contribution in [0.5, 0.6) is 0 Å². The summed E-state index contributed by atoms with van der Waals surface area (Å²) in [6.45, 7) is 2.06. The van der Waals surface area contributed by atoms with Crippen molar-refractivity contribution in [1.82, 2.24) is 5.32 Å². The van der Waals surface area contributed by atoms with E-state index in [1.807, 2.05) is 0 Å². The van der Waals surface area contributed by atoms with Crippen LogP contribution in [0.25, 0.3) is 0 Å². The van der Waals surface area contributed by atoms with Crippen molar-refractivity contribution in [3.8, 4) is 0 Å². The van der Waals surface area contributed by atoms with Crippen LogP contribution in [0.15, 0.2) is 0 Å². The second-order valence-corrected chi connectivity index (χ2v) is 3.34. The van der Waals surface area contributed by atoms with E-state index in [2.05, 4.69) is 12.2 Å². The molecule has 72 valence electrons. The lowest BCUT2D eigenvalue weighted by atomic mass is 10.0. The summed E-state index contributed by atoms with van der Waals surface area (Å²) in [6, 6.07) is -0.157. The summed E-state index contributed by atoms with van der Waals surface area (Å²) >= 11 is 0. The standard InChI is InChI=1S/C8H17NO3/c1-2-3-4-5-6(10)7(11)8(12)9-5/h5-12H,2-4H2,1H3/t5-,6-,7+,8-/m1/s1. The van der Waals surface area contributed by atoms with E-state index in [-0.39, 0.29) is 6.04 Å². The Kier molecular flexibility index (Phi) is 3.46. The summed E-state index contributed by atoms with van der Waals surface area (Å²) in [5.74, 6) is 0. The van der Waals surface area contributed by atoms with Gasteiger partial charge in [-0.2, -0.15) is 0 Å². The Hall–Kier alpha value is -0.160. The molecule has 0 aromatic carbocycles. The van der Waals surface area contributed by atoms with Crippen LogP contribution < -0.4 is 5.32 Å². The number of rotatable bonds is 3. The first kappa shape index (κ1) is 9.92. The highest BCUT2D eigenvalue weighted by Crippen LogP contribution is 2.17. The second kappa shape index (κ2) is 4.18. The van der Waals surface area contributed by atoms with Gasteiger partial charge < -0.3 is 15.3 Å². The predicted molar refractivity (Wildman–Crippen MR) is 44.5 cm³/mol. The lowest BCUT2D eigenvalue weighted by Gasteiger charge is -2.14. The molecular formula is C8H17NO3. The molecule has 4 heteroatoms. The molecule has 12 heavy (non-hydrogen) atoms. The van der Waals surface area contributed by atoms with Gasteiger partial charge in [-0.3, -0.25) is 5.32 Å². The van der Waals surface area contributed by atoms with Crippen molar-refractivity contribution in [2.24, 2.45) is 0 Å². The summed E-state index contributed by atoms with van der Waals surface area (Å²) in [7, 11) is 0. The molecule has 0 saturated carbocycles. The van der Waals surface area contributed by atoms with Gasteiger partial charge in [-0.1, -0.05) is 19.8 Å². The third-order valence-corrected chi connectivity index (χ3v) is 2.34. The van der Waals surface area contributed by atoms with Crippen LogP contribution >= 0.6 is 0 Å². The molecule has 0 bridgehead atoms. The number of aliphatic hydroxyl groups excluding tert-OH is 3. The minimum Gasteiger partial charge on any atom is -0.389 e. The highest BCUT2D eigenvalue weighted by atomic mass is 16.4. The van der Waals surface area contributed by atoms with Crippen molar-refractivity contribution in [3.63, 3.8) is 0 Å². The number of hydrogen-bond acceptors (Lipinski definition) is 4. The van der Waals surface area contributed by atoms with Crippen LogP contribution in [-0.4, -0.2) is 39.8 Å². The van der Waals surface area contributed by atoms with Crippen molar-refractivity contribution in [2.75, 3.05) is 0 Å². The van der Waals surface area contributed by atoms with Crippen LogP contribution in [0, 0.1) is 0 Å². The highest BCUT2D eigenvalue weighted by Gasteiger charge is 2.39. The minimum absolute atomic E-state index is 0.157. The Morgan fingerprint density at radius 2 is 1.83 bits per heavy atom. The van der Waals surface area contributed by atoms with E-state index in [0.29, 0.717) is 0 Å². The quantitative estimate of drug-likeness (QED) is 0.452. The fourth-order valence-corrected chi connectivity index (χ4v) is 1.52. The number of hydrogen-bond donors (Lipinski definition) is 4. The van der Waals surface area contributed by atoms with Crippen molar-refractivity contribution < 1.29 is 15.3 Å². The first-order valence-electron chi connectivity index (χ1n) is 4.47. The van der Waals surface area contributed by atoms with Gasteiger partial charge in [-0.05, 0) is 6.42 Å². The summed E-state index contributed by atoms with van der Waals surface area (Å²) in [5.41, 5.74) is 0. The van der Waals surface area contributed by atoms with Crippen LogP contribution in [0.2, 0.25) is 0 Å². The average molecular weight is 175 g/mol. The smallest absolute Gasteiger partial charge is 0.134 e. The number of unbranched alkanes of at least 4 members (excludes halogenated alkanes) is 1. The highest BCUT2D eigenvalue weighted by molar-refractivity contribution is 4.92. The Labute approximate surface area is 72.2 Å². The fraction of sp³-hybridized carbons (Fsp3) is 1.00. The second-order valence-electron chi connectivity index (χ2n) is 3.34. The molecule has 1 saturated heterocycles. The zero-order chi connectivity index (χ0) is 9.14. The molecule has 0 unspecified atom stereocenters. The van der Waals surface area contributed by atoms with E-state index in [1.54, 1.807) is 0 Å². The Balaban J connectivity index is 2.36. The molecule has 1 aliphatic heterocycles. The number of nitrogens with one attached hydrogen (secondary N) is 1. The zero-order valence-corrected chi connectivity index (χ0v) is 7.27. The molecule has 0 spiro atoms. The minimum atomic E-state index is -1.04. The van der Waals surface area contributed by atoms with Crippen LogP contribution in [0.1, 0.15) is 26.2 Å². The normalized spacial score (nSPS) is 42.0. The maximum absolute atomic E-state index is 9.38. The van der Waals surface area contributed by atoms with Crippen molar-refractivity contribution in [2.45, 2.75) is 50.7 Å². The SMILES string of the molecule is CCCC[C@H]1N[C@H](O)[C@@H](O)[C@@H]1O. The molecular weight excluding hydrogens is 158 g/mol. The molecule has 1 rings (SSSR count). The zero-order valence-electron chi connectivity index (χ0n) is 7.27. The number of aliphatic hydroxyl groups is 3. The summed E-state index contributed by atoms with van der Waals surface area (Å²) in [6.07, 6.45) is 0.0112. The molecule has 0 aliphatic carbocycles. The van der Waals surface area contributed by atoms with Gasteiger partial charge >= 0.3 is 0 Å². The molecule has 0 amide bonds. The predicted octanol–water partition coefficient (Wildman–Crippen LogP) is -0.811. The van der Waals surface area contributed by atoms with E-state index < -0.39 is 18.4 Å². The molecule has 1 heterocycles. The monoisotopic (exact) mass is 175 g/mol. The first-order valence-corrected chi connectivity index (χ1v) is 4.47. The van der Waals surface area contributed by atoms with Gasteiger partial charge in [-0.25, -0.2) is 0 Å². The van der Waals surface area contributed by atoms with Gasteiger partial charge in [0.05, 0.1) is 6.10 Å². The molecule has 4 nitrogen and oxygen atoms in total. The van der Waals surface area contributed by atoms with E-state index in [1.165, 1.54) is 0 Å². The maximum Gasteiger partial charge on any atom is 0.134 e. The van der Waals surface area contributed by atoms with Crippen LogP contribution in [0.4, 0.5) is 0 Å². The Morgan fingerprint density at radius 1 is 1.17 bits per heavy atom. The molecule has 0 aromatic rings. The van der Waals surface area contributed by atoms with Crippen molar-refractivity contribution in [3.05, 3.63) is 0 Å². The van der Waals surface area contributed by atoms with E-state index in [4.69, 9.17) is 5.11 Å². The summed E-state index contributed by atoms with van der Waals surface area (Å²) in [4.78, 5) is 0. The first-order chi connectivity index (χ1) is 5.66. The lowest BCUT2D eigenvalue weighted by molar-refractivity contribution is -0.0241. The Morgan fingerprint density at radius 3 is 2.25 bits per heavy atom. The van der Waals surface area contributed by atoms with Gasteiger partial charge in [0.1, 0.15) is 12.3 Å². The molecule has 1 fully saturated rings. The largest absolute Gasteiger partial charge is 0.389 e. The third kappa shape index (κ3) is 1.95. The molecule has 1 aliphatic rings. The molecule has 4 atom stereocenters. The van der Waals surface area contributed by atoms with Crippen LogP contribution in [0.3, 0.4) is 0 Å². The van der Waals surface area contributed by atoms with Gasteiger partial charge in [0.15, 0.2) is 0 Å². The van der Waals surface area contributed by atoms with E-state index in [0.717, 1.165) is 19.3 Å². The maximum atomic E-state index is 9.38. The summed E-state index contributed by atoms with van der Waals surface area (Å²) < 4.78 is 0. The van der Waals surface area contributed by atoms with Crippen molar-refractivity contribution >= 4 is 0 Å². The molecule has 0 radical (unpaired) electrons. The molecule has 4 N–H and O–H groups in total. The van der Waals surface area contributed by atoms with Gasteiger partial charge in [-0.15, -0.1) is 0 Å². The van der Waals surface area contributed by atoms with Gasteiger partial charge in [0.2, 0.25) is 0 Å². The van der Waals surface area contributed by atoms with E-state index >= 15 is 0 Å². The fourth-order valence-electron chi connectivity index (χ4n) is 1.52. The Bertz CT molecular complexity index is 142. The summed E-state index contributed by atoms with van der Waals surface area (Å²) in [5, 5.41) is 30.4. The van der Waals surface area contributed by atoms with Gasteiger partial charge in [0, 0.05) is 6.04 Å². The van der Waals surface area contributed by atoms with Gasteiger partial charge in [0.25, 0.3) is 0 Å².